The van der Waals surface area contributed by atoms with E-state index in [1.165, 1.54) is 0 Å². The number of nitrogens with one attached hydrogen (secondary N) is 1. The lowest BCUT2D eigenvalue weighted by Crippen LogP contribution is -2.13. The minimum Gasteiger partial charge on any atom is -0.322 e. The summed E-state index contributed by atoms with van der Waals surface area (Å²) in [6.45, 7) is 1.94. The molecule has 0 unspecified atom stereocenters. The molecule has 2 rings (SSSR count). The zero-order chi connectivity index (χ0) is 13.8. The second-order valence-corrected chi connectivity index (χ2v) is 5.20. The fourth-order valence-electron chi connectivity index (χ4n) is 1.75. The molecule has 0 heterocycles. The highest BCUT2D eigenvalue weighted by atomic mass is 79.9. The quantitative estimate of drug-likeness (QED) is 0.801. The van der Waals surface area contributed by atoms with Crippen molar-refractivity contribution >= 4 is 39.1 Å². The summed E-state index contributed by atoms with van der Waals surface area (Å²) in [5, 5.41) is 4.04. The number of amides is 1. The third-order valence-corrected chi connectivity index (χ3v) is 3.70. The summed E-state index contributed by atoms with van der Waals surface area (Å²) in [5.41, 5.74) is 3.33. The number of alkyl halides is 1. The second kappa shape index (κ2) is 6.22. The van der Waals surface area contributed by atoms with Gasteiger partial charge in [0, 0.05) is 11.0 Å². The molecule has 2 aromatic carbocycles. The molecule has 0 aliphatic carbocycles. The largest absolute Gasteiger partial charge is 0.322 e. The molecule has 98 valence electrons. The third-order valence-electron chi connectivity index (χ3n) is 2.78. The van der Waals surface area contributed by atoms with Crippen molar-refractivity contribution in [1.29, 1.82) is 0 Å². The van der Waals surface area contributed by atoms with Gasteiger partial charge in [-0.2, -0.15) is 0 Å². The number of para-hydroxylation sites is 1. The summed E-state index contributed by atoms with van der Waals surface area (Å²) >= 11 is 9.50. The van der Waals surface area contributed by atoms with Gasteiger partial charge < -0.3 is 5.32 Å². The van der Waals surface area contributed by atoms with E-state index in [1.807, 2.05) is 37.3 Å². The van der Waals surface area contributed by atoms with Gasteiger partial charge in [-0.3, -0.25) is 4.79 Å². The van der Waals surface area contributed by atoms with Crippen LogP contribution in [0.5, 0.6) is 0 Å². The molecule has 0 bridgehead atoms. The maximum absolute atomic E-state index is 12.2. The molecule has 4 heteroatoms. The predicted molar refractivity (Wildman–Crippen MR) is 83.2 cm³/mol. The van der Waals surface area contributed by atoms with E-state index in [2.05, 4.69) is 21.2 Å². The zero-order valence-corrected chi connectivity index (χ0v) is 12.8. The van der Waals surface area contributed by atoms with Crippen LogP contribution in [0.2, 0.25) is 5.02 Å². The standard InChI is InChI=1S/C15H13BrClNO/c1-10-6-7-12(13(17)8-10)15(19)18-14-5-3-2-4-11(14)9-16/h2-8H,9H2,1H3,(H,18,19). The van der Waals surface area contributed by atoms with Crippen LogP contribution in [-0.4, -0.2) is 5.91 Å². The van der Waals surface area contributed by atoms with E-state index in [4.69, 9.17) is 11.6 Å². The van der Waals surface area contributed by atoms with Crippen LogP contribution in [0.25, 0.3) is 0 Å². The number of hydrogen-bond acceptors (Lipinski definition) is 1. The van der Waals surface area contributed by atoms with Crippen molar-refractivity contribution in [1.82, 2.24) is 0 Å². The van der Waals surface area contributed by atoms with Crippen molar-refractivity contribution < 1.29 is 4.79 Å². The molecule has 0 saturated carbocycles. The molecule has 0 aliphatic heterocycles. The molecule has 0 saturated heterocycles. The number of anilines is 1. The first kappa shape index (κ1) is 14.1. The molecule has 0 radical (unpaired) electrons. The Morgan fingerprint density at radius 3 is 2.68 bits per heavy atom. The molecule has 0 fully saturated rings. The van der Waals surface area contributed by atoms with Gasteiger partial charge in [0.2, 0.25) is 0 Å². The van der Waals surface area contributed by atoms with Gasteiger partial charge in [0.15, 0.2) is 0 Å². The SMILES string of the molecule is Cc1ccc(C(=O)Nc2ccccc2CBr)c(Cl)c1. The van der Waals surface area contributed by atoms with Crippen LogP contribution in [0.15, 0.2) is 42.5 Å². The molecule has 19 heavy (non-hydrogen) atoms. The molecule has 0 aromatic heterocycles. The lowest BCUT2D eigenvalue weighted by Gasteiger charge is -2.10. The molecular weight excluding hydrogens is 326 g/mol. The van der Waals surface area contributed by atoms with Gasteiger partial charge in [-0.1, -0.05) is 51.8 Å². The second-order valence-electron chi connectivity index (χ2n) is 4.23. The van der Waals surface area contributed by atoms with Gasteiger partial charge >= 0.3 is 0 Å². The minimum absolute atomic E-state index is 0.196. The van der Waals surface area contributed by atoms with Gasteiger partial charge in [0.05, 0.1) is 10.6 Å². The van der Waals surface area contributed by atoms with E-state index in [1.54, 1.807) is 12.1 Å². The number of carbonyl (C=O) groups excluding carboxylic acids is 1. The third kappa shape index (κ3) is 3.37. The predicted octanol–water partition coefficient (Wildman–Crippen LogP) is 4.80. The topological polar surface area (TPSA) is 29.1 Å². The number of halogens is 2. The summed E-state index contributed by atoms with van der Waals surface area (Å²) in [6, 6.07) is 13.1. The maximum Gasteiger partial charge on any atom is 0.257 e. The van der Waals surface area contributed by atoms with E-state index in [0.717, 1.165) is 16.8 Å². The molecule has 2 nitrogen and oxygen atoms in total. The zero-order valence-electron chi connectivity index (χ0n) is 10.4. The summed E-state index contributed by atoms with van der Waals surface area (Å²) in [4.78, 5) is 12.2. The summed E-state index contributed by atoms with van der Waals surface area (Å²) in [6.07, 6.45) is 0. The fourth-order valence-corrected chi connectivity index (χ4v) is 2.56. The Balaban J connectivity index is 2.26. The Kier molecular flexibility index (Phi) is 4.61. The van der Waals surface area contributed by atoms with Crippen molar-refractivity contribution in [2.24, 2.45) is 0 Å². The van der Waals surface area contributed by atoms with Crippen LogP contribution in [0.4, 0.5) is 5.69 Å². The van der Waals surface area contributed by atoms with E-state index in [9.17, 15) is 4.79 Å². The van der Waals surface area contributed by atoms with Crippen LogP contribution in [0, 0.1) is 6.92 Å². The maximum atomic E-state index is 12.2. The number of hydrogen-bond donors (Lipinski definition) is 1. The van der Waals surface area contributed by atoms with Crippen LogP contribution in [0.1, 0.15) is 21.5 Å². The van der Waals surface area contributed by atoms with Gasteiger partial charge in [0.25, 0.3) is 5.91 Å². The lowest BCUT2D eigenvalue weighted by molar-refractivity contribution is 0.102. The van der Waals surface area contributed by atoms with Gasteiger partial charge in [-0.05, 0) is 36.2 Å². The minimum atomic E-state index is -0.196. The molecule has 0 spiro atoms. The average molecular weight is 339 g/mol. The van der Waals surface area contributed by atoms with Gasteiger partial charge in [0.1, 0.15) is 0 Å². The lowest BCUT2D eigenvalue weighted by atomic mass is 10.1. The monoisotopic (exact) mass is 337 g/mol. The number of carbonyl (C=O) groups is 1. The average Bonchev–Trinajstić information content (AvgIpc) is 2.39. The number of aryl methyl sites for hydroxylation is 1. The summed E-state index contributed by atoms with van der Waals surface area (Å²) in [7, 11) is 0. The Hall–Kier alpha value is -1.32. The van der Waals surface area contributed by atoms with Crippen LogP contribution in [0.3, 0.4) is 0 Å². The van der Waals surface area contributed by atoms with Crippen LogP contribution < -0.4 is 5.32 Å². The van der Waals surface area contributed by atoms with E-state index < -0.39 is 0 Å². The van der Waals surface area contributed by atoms with E-state index >= 15 is 0 Å². The number of benzene rings is 2. The Labute approximate surface area is 125 Å². The highest BCUT2D eigenvalue weighted by Crippen LogP contribution is 2.22. The molecule has 1 N–H and O–H groups in total. The number of rotatable bonds is 3. The highest BCUT2D eigenvalue weighted by Gasteiger charge is 2.11. The van der Waals surface area contributed by atoms with Crippen molar-refractivity contribution in [3.05, 3.63) is 64.2 Å². The highest BCUT2D eigenvalue weighted by molar-refractivity contribution is 9.08. The first-order valence-corrected chi connectivity index (χ1v) is 7.33. The molecule has 0 aliphatic rings. The smallest absolute Gasteiger partial charge is 0.257 e. The van der Waals surface area contributed by atoms with Crippen molar-refractivity contribution in [2.45, 2.75) is 12.3 Å². The first-order chi connectivity index (χ1) is 9.11. The van der Waals surface area contributed by atoms with Gasteiger partial charge in [-0.25, -0.2) is 0 Å². The summed E-state index contributed by atoms with van der Waals surface area (Å²) < 4.78 is 0. The van der Waals surface area contributed by atoms with Crippen LogP contribution in [-0.2, 0) is 5.33 Å². The molecular formula is C15H13BrClNO. The van der Waals surface area contributed by atoms with E-state index in [0.29, 0.717) is 15.9 Å². The van der Waals surface area contributed by atoms with Crippen molar-refractivity contribution in [3.63, 3.8) is 0 Å². The Morgan fingerprint density at radius 1 is 1.26 bits per heavy atom. The van der Waals surface area contributed by atoms with Crippen LogP contribution >= 0.6 is 27.5 Å². The van der Waals surface area contributed by atoms with Crippen molar-refractivity contribution in [2.75, 3.05) is 5.32 Å². The molecule has 1 amide bonds. The van der Waals surface area contributed by atoms with Gasteiger partial charge in [-0.15, -0.1) is 0 Å². The Morgan fingerprint density at radius 2 is 2.00 bits per heavy atom. The molecule has 2 aromatic rings. The van der Waals surface area contributed by atoms with Crippen molar-refractivity contribution in [3.8, 4) is 0 Å². The van der Waals surface area contributed by atoms with E-state index in [-0.39, 0.29) is 5.91 Å². The first-order valence-electron chi connectivity index (χ1n) is 5.83. The fraction of sp³-hybridized carbons (Fsp3) is 0.133. The summed E-state index contributed by atoms with van der Waals surface area (Å²) in [5.74, 6) is -0.196. The Bertz CT molecular complexity index is 613. The molecule has 0 atom stereocenters. The normalized spacial score (nSPS) is 10.3.